The molecule has 3 atom stereocenters. The lowest BCUT2D eigenvalue weighted by atomic mass is 9.95. The number of amides is 1. The van der Waals surface area contributed by atoms with E-state index in [2.05, 4.69) is 44.7 Å². The van der Waals surface area contributed by atoms with Crippen molar-refractivity contribution < 1.29 is 9.53 Å². The molecule has 1 aromatic heterocycles. The lowest BCUT2D eigenvalue weighted by Gasteiger charge is -2.26. The fourth-order valence-electron chi connectivity index (χ4n) is 5.44. The zero-order valence-electron chi connectivity index (χ0n) is 18.1. The van der Waals surface area contributed by atoms with Gasteiger partial charge in [0, 0.05) is 25.3 Å². The van der Waals surface area contributed by atoms with Crippen molar-refractivity contribution in [2.24, 2.45) is 17.6 Å². The standard InChI is InChI=1S/C23H30N6O2/c1-29-6-5-14-10-20(31-2)19(9-16(14)12-29)27-23-25-11-17(21(24)30)22(28-23)26-18-8-13-3-4-15(18)7-13/h9-11,13,15,18H,3-8,12H2,1-2H3,(H2,24,30)(H2,25,26,27,28)/t13-,15+,18?/m1/s1. The molecule has 2 aromatic rings. The molecule has 1 unspecified atom stereocenters. The molecule has 8 heteroatoms. The second-order valence-electron chi connectivity index (χ2n) is 9.18. The molecule has 2 fully saturated rings. The average molecular weight is 423 g/mol. The molecule has 8 nitrogen and oxygen atoms in total. The number of fused-ring (bicyclic) bond motifs is 3. The quantitative estimate of drug-likeness (QED) is 0.657. The first-order valence-corrected chi connectivity index (χ1v) is 11.1. The summed E-state index contributed by atoms with van der Waals surface area (Å²) in [6.45, 7) is 1.94. The third-order valence-corrected chi connectivity index (χ3v) is 7.09. The Morgan fingerprint density at radius 2 is 2.13 bits per heavy atom. The first kappa shape index (κ1) is 20.1. The largest absolute Gasteiger partial charge is 0.495 e. The Morgan fingerprint density at radius 1 is 1.26 bits per heavy atom. The Balaban J connectivity index is 1.43. The third-order valence-electron chi connectivity index (χ3n) is 7.09. The van der Waals surface area contributed by atoms with Gasteiger partial charge in [-0.05, 0) is 67.8 Å². The fourth-order valence-corrected chi connectivity index (χ4v) is 5.44. The van der Waals surface area contributed by atoms with E-state index < -0.39 is 5.91 Å². The number of likely N-dealkylation sites (N-methyl/N-ethyl adjacent to an activating group) is 1. The van der Waals surface area contributed by atoms with Gasteiger partial charge in [-0.1, -0.05) is 6.42 Å². The minimum Gasteiger partial charge on any atom is -0.495 e. The topological polar surface area (TPSA) is 105 Å². The van der Waals surface area contributed by atoms with Crippen LogP contribution in [0.15, 0.2) is 18.3 Å². The zero-order valence-corrected chi connectivity index (χ0v) is 18.1. The summed E-state index contributed by atoms with van der Waals surface area (Å²) in [5, 5.41) is 6.80. The van der Waals surface area contributed by atoms with Crippen molar-refractivity contribution in [2.75, 3.05) is 31.3 Å². The summed E-state index contributed by atoms with van der Waals surface area (Å²) in [6, 6.07) is 4.54. The van der Waals surface area contributed by atoms with Gasteiger partial charge < -0.3 is 26.0 Å². The normalized spacial score (nSPS) is 24.6. The van der Waals surface area contributed by atoms with E-state index in [1.54, 1.807) is 7.11 Å². The van der Waals surface area contributed by atoms with E-state index >= 15 is 0 Å². The van der Waals surface area contributed by atoms with Crippen LogP contribution in [0.5, 0.6) is 5.75 Å². The maximum Gasteiger partial charge on any atom is 0.254 e. The predicted molar refractivity (Wildman–Crippen MR) is 120 cm³/mol. The number of carbonyl (C=O) groups excluding carboxylic acids is 1. The van der Waals surface area contributed by atoms with Crippen LogP contribution in [0.3, 0.4) is 0 Å². The maximum absolute atomic E-state index is 12.0. The van der Waals surface area contributed by atoms with Gasteiger partial charge in [-0.2, -0.15) is 4.98 Å². The molecule has 4 N–H and O–H groups in total. The fraction of sp³-hybridized carbons (Fsp3) is 0.522. The maximum atomic E-state index is 12.0. The third kappa shape index (κ3) is 3.92. The van der Waals surface area contributed by atoms with Crippen molar-refractivity contribution in [3.05, 3.63) is 35.0 Å². The molecule has 164 valence electrons. The summed E-state index contributed by atoms with van der Waals surface area (Å²) in [5.41, 5.74) is 9.32. The number of benzene rings is 1. The highest BCUT2D eigenvalue weighted by Gasteiger charge is 2.40. The summed E-state index contributed by atoms with van der Waals surface area (Å²) < 4.78 is 5.62. The number of hydrogen-bond donors (Lipinski definition) is 3. The molecular weight excluding hydrogens is 392 g/mol. The molecule has 5 rings (SSSR count). The summed E-state index contributed by atoms with van der Waals surface area (Å²) in [5.74, 6) is 2.60. The van der Waals surface area contributed by atoms with Crippen molar-refractivity contribution in [1.29, 1.82) is 0 Å². The van der Waals surface area contributed by atoms with E-state index in [0.717, 1.165) is 43.3 Å². The molecule has 1 amide bonds. The van der Waals surface area contributed by atoms with Crippen LogP contribution in [-0.4, -0.2) is 47.5 Å². The summed E-state index contributed by atoms with van der Waals surface area (Å²) in [7, 11) is 3.79. The Labute approximate surface area is 182 Å². The number of aromatic nitrogens is 2. The smallest absolute Gasteiger partial charge is 0.254 e. The van der Waals surface area contributed by atoms with Gasteiger partial charge in [0.05, 0.1) is 18.4 Å². The van der Waals surface area contributed by atoms with Gasteiger partial charge in [-0.15, -0.1) is 0 Å². The van der Waals surface area contributed by atoms with Gasteiger partial charge in [0.15, 0.2) is 0 Å². The number of hydrogen-bond acceptors (Lipinski definition) is 7. The minimum atomic E-state index is -0.522. The molecule has 1 aliphatic heterocycles. The van der Waals surface area contributed by atoms with Crippen LogP contribution in [0, 0.1) is 11.8 Å². The Bertz CT molecular complexity index is 1010. The van der Waals surface area contributed by atoms with Gasteiger partial charge in [0.1, 0.15) is 11.6 Å². The summed E-state index contributed by atoms with van der Waals surface area (Å²) >= 11 is 0. The monoisotopic (exact) mass is 422 g/mol. The molecule has 31 heavy (non-hydrogen) atoms. The van der Waals surface area contributed by atoms with Gasteiger partial charge in [-0.3, -0.25) is 4.79 Å². The van der Waals surface area contributed by atoms with Crippen LogP contribution in [0.1, 0.15) is 47.2 Å². The molecule has 3 aliphatic rings. The Morgan fingerprint density at radius 3 is 2.84 bits per heavy atom. The lowest BCUT2D eigenvalue weighted by Crippen LogP contribution is -2.28. The molecule has 0 radical (unpaired) electrons. The first-order valence-electron chi connectivity index (χ1n) is 11.1. The van der Waals surface area contributed by atoms with Crippen molar-refractivity contribution in [3.8, 4) is 5.75 Å². The second-order valence-corrected chi connectivity index (χ2v) is 9.18. The van der Waals surface area contributed by atoms with Crippen molar-refractivity contribution in [2.45, 2.75) is 44.7 Å². The molecule has 2 heterocycles. The number of ether oxygens (including phenoxy) is 1. The van der Waals surface area contributed by atoms with Crippen LogP contribution in [-0.2, 0) is 13.0 Å². The number of nitrogens with two attached hydrogens (primary N) is 1. The summed E-state index contributed by atoms with van der Waals surface area (Å²) in [6.07, 6.45) is 7.46. The highest BCUT2D eigenvalue weighted by Crippen LogP contribution is 2.45. The van der Waals surface area contributed by atoms with E-state index in [4.69, 9.17) is 10.5 Å². The van der Waals surface area contributed by atoms with Gasteiger partial charge in [-0.25, -0.2) is 4.98 Å². The van der Waals surface area contributed by atoms with Crippen LogP contribution < -0.4 is 21.1 Å². The van der Waals surface area contributed by atoms with Crippen molar-refractivity contribution in [1.82, 2.24) is 14.9 Å². The molecule has 0 spiro atoms. The lowest BCUT2D eigenvalue weighted by molar-refractivity contribution is 0.100. The van der Waals surface area contributed by atoms with Crippen LogP contribution in [0.2, 0.25) is 0 Å². The Kier molecular flexibility index (Phi) is 5.17. The summed E-state index contributed by atoms with van der Waals surface area (Å²) in [4.78, 5) is 23.3. The van der Waals surface area contributed by atoms with Crippen LogP contribution in [0.25, 0.3) is 0 Å². The number of nitrogens with zero attached hydrogens (tertiary/aromatic N) is 3. The molecule has 2 bridgehead atoms. The Hall–Kier alpha value is -2.87. The van der Waals surface area contributed by atoms with E-state index in [9.17, 15) is 4.79 Å². The average Bonchev–Trinajstić information content (AvgIpc) is 3.36. The molecule has 1 aromatic carbocycles. The first-order chi connectivity index (χ1) is 15.0. The van der Waals surface area contributed by atoms with E-state index in [1.807, 2.05) is 0 Å². The van der Waals surface area contributed by atoms with Gasteiger partial charge >= 0.3 is 0 Å². The highest BCUT2D eigenvalue weighted by molar-refractivity contribution is 5.97. The number of anilines is 3. The number of methoxy groups -OCH3 is 1. The predicted octanol–water partition coefficient (Wildman–Crippen LogP) is 2.92. The highest BCUT2D eigenvalue weighted by atomic mass is 16.5. The molecule has 2 aliphatic carbocycles. The molecular formula is C23H30N6O2. The van der Waals surface area contributed by atoms with Crippen LogP contribution >= 0.6 is 0 Å². The number of nitrogens with one attached hydrogen (secondary N) is 2. The van der Waals surface area contributed by atoms with Gasteiger partial charge in [0.25, 0.3) is 5.91 Å². The second kappa shape index (κ2) is 8.00. The van der Waals surface area contributed by atoms with E-state index in [0.29, 0.717) is 29.3 Å². The van der Waals surface area contributed by atoms with E-state index in [1.165, 1.54) is 36.6 Å². The van der Waals surface area contributed by atoms with Crippen LogP contribution in [0.4, 0.5) is 17.5 Å². The SMILES string of the molecule is COc1cc2c(cc1Nc1ncc(C(N)=O)c(NC3C[C@@H]4CC[C@H]3C4)n1)CN(C)CC2. The minimum absolute atomic E-state index is 0.326. The van der Waals surface area contributed by atoms with Crippen molar-refractivity contribution >= 4 is 23.4 Å². The molecule has 0 saturated heterocycles. The van der Waals surface area contributed by atoms with E-state index in [-0.39, 0.29) is 0 Å². The van der Waals surface area contributed by atoms with Gasteiger partial charge in [0.2, 0.25) is 5.95 Å². The number of carbonyl (C=O) groups is 1. The number of primary amides is 1. The molecule has 2 saturated carbocycles. The number of rotatable bonds is 6. The zero-order chi connectivity index (χ0) is 21.5. The van der Waals surface area contributed by atoms with Crippen molar-refractivity contribution in [3.63, 3.8) is 0 Å².